The second-order valence-electron chi connectivity index (χ2n) is 11.7. The molecule has 1 aliphatic rings. The zero-order chi connectivity index (χ0) is 30.5. The lowest BCUT2D eigenvalue weighted by molar-refractivity contribution is -0.134. The van der Waals surface area contributed by atoms with Gasteiger partial charge < -0.3 is 25.8 Å². The van der Waals surface area contributed by atoms with Crippen LogP contribution in [-0.2, 0) is 30.3 Å². The number of amides is 4. The highest BCUT2D eigenvalue weighted by molar-refractivity contribution is 5.87. The van der Waals surface area contributed by atoms with Crippen LogP contribution in [0.15, 0.2) is 30.3 Å². The summed E-state index contributed by atoms with van der Waals surface area (Å²) in [5.74, 6) is -1.46. The van der Waals surface area contributed by atoms with Crippen molar-refractivity contribution in [2.75, 3.05) is 26.3 Å². The van der Waals surface area contributed by atoms with Crippen molar-refractivity contribution in [3.05, 3.63) is 35.9 Å². The van der Waals surface area contributed by atoms with E-state index in [0.717, 1.165) is 18.4 Å². The van der Waals surface area contributed by atoms with Crippen molar-refractivity contribution < 1.29 is 29.0 Å². The van der Waals surface area contributed by atoms with E-state index in [4.69, 9.17) is 4.74 Å². The number of hydrogen-bond donors (Lipinski definition) is 5. The van der Waals surface area contributed by atoms with Crippen LogP contribution >= 0.6 is 0 Å². The molecule has 0 unspecified atom stereocenters. The maximum absolute atomic E-state index is 13.3. The predicted octanol–water partition coefficient (Wildman–Crippen LogP) is 1.16. The number of benzene rings is 1. The van der Waals surface area contributed by atoms with Crippen LogP contribution in [0.1, 0.15) is 59.9 Å². The summed E-state index contributed by atoms with van der Waals surface area (Å²) in [5, 5.41) is 21.6. The van der Waals surface area contributed by atoms with E-state index in [1.54, 1.807) is 5.01 Å². The summed E-state index contributed by atoms with van der Waals surface area (Å²) in [6.45, 7) is 11.9. The minimum absolute atomic E-state index is 0.0399. The molecule has 4 amide bonds. The molecule has 4 atom stereocenters. The number of hydrogen-bond acceptors (Lipinski definition) is 7. The maximum atomic E-state index is 13.3. The highest BCUT2D eigenvalue weighted by atomic mass is 16.5. The van der Waals surface area contributed by atoms with E-state index >= 15 is 0 Å². The first kappa shape index (κ1) is 34.2. The molecular weight excluding hydrogens is 526 g/mol. The smallest absolute Gasteiger partial charge is 0.257 e. The van der Waals surface area contributed by atoms with Crippen molar-refractivity contribution >= 4 is 23.6 Å². The van der Waals surface area contributed by atoms with Crippen molar-refractivity contribution in [3.63, 3.8) is 0 Å². The van der Waals surface area contributed by atoms with Gasteiger partial charge >= 0.3 is 0 Å². The van der Waals surface area contributed by atoms with Crippen molar-refractivity contribution in [2.24, 2.45) is 17.8 Å². The van der Waals surface area contributed by atoms with Crippen molar-refractivity contribution in [1.82, 2.24) is 26.4 Å². The molecule has 0 spiro atoms. The Morgan fingerprint density at radius 3 is 1.93 bits per heavy atom. The SMILES string of the molecule is CC(=O)N[C@H](C(=O)N[C@@H](Cc1ccccc1)[C@@H](O)CN(CC1CCOCC1)NC(=O)[C@@H](NC(C)=O)C(C)C)C(C)C. The van der Waals surface area contributed by atoms with Crippen molar-refractivity contribution in [1.29, 1.82) is 0 Å². The summed E-state index contributed by atoms with van der Waals surface area (Å²) in [7, 11) is 0. The zero-order valence-corrected chi connectivity index (χ0v) is 25.3. The molecule has 1 aliphatic heterocycles. The average molecular weight is 576 g/mol. The molecule has 1 aromatic carbocycles. The number of carbonyl (C=O) groups excluding carboxylic acids is 4. The lowest BCUT2D eigenvalue weighted by Gasteiger charge is -2.35. The summed E-state index contributed by atoms with van der Waals surface area (Å²) >= 11 is 0. The van der Waals surface area contributed by atoms with Gasteiger partial charge in [-0.3, -0.25) is 24.6 Å². The Labute approximate surface area is 244 Å². The van der Waals surface area contributed by atoms with Gasteiger partial charge in [-0.25, -0.2) is 5.01 Å². The highest BCUT2D eigenvalue weighted by Crippen LogP contribution is 2.17. The van der Waals surface area contributed by atoms with E-state index < -0.39 is 24.2 Å². The van der Waals surface area contributed by atoms with Gasteiger partial charge in [-0.15, -0.1) is 0 Å². The van der Waals surface area contributed by atoms with Gasteiger partial charge in [-0.1, -0.05) is 58.0 Å². The highest BCUT2D eigenvalue weighted by Gasteiger charge is 2.32. The fraction of sp³-hybridized carbons (Fsp3) is 0.667. The van der Waals surface area contributed by atoms with Crippen LogP contribution in [0.5, 0.6) is 0 Å². The predicted molar refractivity (Wildman–Crippen MR) is 156 cm³/mol. The number of nitrogens with one attached hydrogen (secondary N) is 4. The fourth-order valence-corrected chi connectivity index (χ4v) is 4.92. The van der Waals surface area contributed by atoms with Crippen LogP contribution in [0.25, 0.3) is 0 Å². The third kappa shape index (κ3) is 12.2. The minimum atomic E-state index is -1.07. The van der Waals surface area contributed by atoms with Crippen LogP contribution < -0.4 is 21.4 Å². The van der Waals surface area contributed by atoms with E-state index in [0.29, 0.717) is 26.2 Å². The zero-order valence-electron chi connectivity index (χ0n) is 25.3. The van der Waals surface area contributed by atoms with Crippen LogP contribution in [-0.4, -0.2) is 84.3 Å². The molecule has 2 rings (SSSR count). The van der Waals surface area contributed by atoms with E-state index in [9.17, 15) is 24.3 Å². The van der Waals surface area contributed by atoms with Crippen molar-refractivity contribution in [2.45, 2.75) is 85.0 Å². The first-order valence-electron chi connectivity index (χ1n) is 14.6. The summed E-state index contributed by atoms with van der Waals surface area (Å²) in [6.07, 6.45) is 0.915. The third-order valence-electron chi connectivity index (χ3n) is 7.20. The third-order valence-corrected chi connectivity index (χ3v) is 7.20. The molecule has 11 heteroatoms. The topological polar surface area (TPSA) is 149 Å². The quantitative estimate of drug-likeness (QED) is 0.197. The van der Waals surface area contributed by atoms with Crippen LogP contribution in [0, 0.1) is 17.8 Å². The number of nitrogens with zero attached hydrogens (tertiary/aromatic N) is 1. The molecule has 11 nitrogen and oxygen atoms in total. The summed E-state index contributed by atoms with van der Waals surface area (Å²) in [6, 6.07) is 7.30. The van der Waals surface area contributed by atoms with Gasteiger partial charge in [-0.05, 0) is 42.6 Å². The van der Waals surface area contributed by atoms with E-state index in [1.165, 1.54) is 13.8 Å². The summed E-state index contributed by atoms with van der Waals surface area (Å²) in [4.78, 5) is 50.1. The lowest BCUT2D eigenvalue weighted by Crippen LogP contribution is -2.59. The molecule has 0 aliphatic carbocycles. The summed E-state index contributed by atoms with van der Waals surface area (Å²) < 4.78 is 5.49. The second kappa shape index (κ2) is 17.1. The molecule has 0 saturated carbocycles. The van der Waals surface area contributed by atoms with Gasteiger partial charge in [-0.2, -0.15) is 0 Å². The van der Waals surface area contributed by atoms with Gasteiger partial charge in [0.15, 0.2) is 0 Å². The Morgan fingerprint density at radius 2 is 1.41 bits per heavy atom. The molecule has 5 N–H and O–H groups in total. The van der Waals surface area contributed by atoms with Gasteiger partial charge in [0.25, 0.3) is 5.91 Å². The number of ether oxygens (including phenoxy) is 1. The average Bonchev–Trinajstić information content (AvgIpc) is 2.90. The van der Waals surface area contributed by atoms with Crippen LogP contribution in [0.4, 0.5) is 0 Å². The van der Waals surface area contributed by atoms with Gasteiger partial charge in [0.1, 0.15) is 12.1 Å². The molecular formula is C30H49N5O6. The van der Waals surface area contributed by atoms with E-state index in [2.05, 4.69) is 21.4 Å². The second-order valence-corrected chi connectivity index (χ2v) is 11.7. The normalized spacial score (nSPS) is 17.0. The fourth-order valence-electron chi connectivity index (χ4n) is 4.92. The molecule has 0 aromatic heterocycles. The van der Waals surface area contributed by atoms with Gasteiger partial charge in [0, 0.05) is 40.2 Å². The molecule has 1 fully saturated rings. The van der Waals surface area contributed by atoms with Crippen LogP contribution in [0.3, 0.4) is 0 Å². The van der Waals surface area contributed by atoms with Crippen molar-refractivity contribution in [3.8, 4) is 0 Å². The van der Waals surface area contributed by atoms with Gasteiger partial charge in [0.05, 0.1) is 12.1 Å². The Hall–Kier alpha value is -3.02. The largest absolute Gasteiger partial charge is 0.390 e. The monoisotopic (exact) mass is 575 g/mol. The number of aliphatic hydroxyl groups excluding tert-OH is 1. The molecule has 1 heterocycles. The number of rotatable bonds is 15. The van der Waals surface area contributed by atoms with Crippen LogP contribution in [0.2, 0.25) is 0 Å². The standard InChI is InChI=1S/C30H49N5O6/c1-19(2)27(31-21(5)36)29(39)33-25(16-23-10-8-7-9-11-23)26(38)18-35(17-24-12-14-41-15-13-24)34-30(40)28(20(3)4)32-22(6)37/h7-11,19-20,24-28,38H,12-18H2,1-6H3,(H,31,36)(H,32,37)(H,33,39)(H,34,40)/t25-,26-,27-,28-/m0/s1. The lowest BCUT2D eigenvalue weighted by atomic mass is 9.97. The number of aliphatic hydroxyl groups is 1. The molecule has 1 aromatic rings. The maximum Gasteiger partial charge on any atom is 0.257 e. The Kier molecular flexibility index (Phi) is 14.2. The minimum Gasteiger partial charge on any atom is -0.390 e. The van der Waals surface area contributed by atoms with Gasteiger partial charge in [0.2, 0.25) is 17.7 Å². The van der Waals surface area contributed by atoms with E-state index in [1.807, 2.05) is 58.0 Å². The number of hydrazine groups is 1. The van der Waals surface area contributed by atoms with E-state index in [-0.39, 0.29) is 47.9 Å². The molecule has 230 valence electrons. The summed E-state index contributed by atoms with van der Waals surface area (Å²) in [5.41, 5.74) is 3.85. The first-order valence-corrected chi connectivity index (χ1v) is 14.6. The molecule has 0 radical (unpaired) electrons. The number of carbonyl (C=O) groups is 4. The Balaban J connectivity index is 2.29. The Morgan fingerprint density at radius 1 is 0.878 bits per heavy atom. The Bertz CT molecular complexity index is 983. The molecule has 0 bridgehead atoms. The first-order chi connectivity index (χ1) is 19.4. The molecule has 41 heavy (non-hydrogen) atoms. The molecule has 1 saturated heterocycles.